The van der Waals surface area contributed by atoms with E-state index in [9.17, 15) is 4.79 Å². The number of aromatic nitrogens is 2. The highest BCUT2D eigenvalue weighted by Gasteiger charge is 2.33. The molecule has 2 aliphatic heterocycles. The number of hydrogen-bond acceptors (Lipinski definition) is 4. The van der Waals surface area contributed by atoms with Gasteiger partial charge in [-0.25, -0.2) is 4.98 Å². The fourth-order valence-electron chi connectivity index (χ4n) is 3.92. The molecule has 1 atom stereocenters. The van der Waals surface area contributed by atoms with E-state index in [1.54, 1.807) is 6.20 Å². The number of hydrogen-bond donors (Lipinski definition) is 0. The molecule has 4 rings (SSSR count). The summed E-state index contributed by atoms with van der Waals surface area (Å²) in [6.07, 6.45) is 3.65. The van der Waals surface area contributed by atoms with Gasteiger partial charge in [0, 0.05) is 32.4 Å². The first-order chi connectivity index (χ1) is 12.1. The Morgan fingerprint density at radius 3 is 2.80 bits per heavy atom. The summed E-state index contributed by atoms with van der Waals surface area (Å²) in [6, 6.07) is 8.45. The molecule has 2 aliphatic rings. The molecule has 1 saturated heterocycles. The highest BCUT2D eigenvalue weighted by molar-refractivity contribution is 5.80. The summed E-state index contributed by atoms with van der Waals surface area (Å²) in [5, 5.41) is 0. The van der Waals surface area contributed by atoms with E-state index in [-0.39, 0.29) is 11.8 Å². The van der Waals surface area contributed by atoms with Crippen LogP contribution >= 0.6 is 0 Å². The van der Waals surface area contributed by atoms with Crippen molar-refractivity contribution in [2.75, 3.05) is 24.5 Å². The molecule has 1 aromatic carbocycles. The van der Waals surface area contributed by atoms with E-state index in [1.165, 1.54) is 11.1 Å². The van der Waals surface area contributed by atoms with Gasteiger partial charge in [-0.15, -0.1) is 0 Å². The van der Waals surface area contributed by atoms with Gasteiger partial charge in [0.2, 0.25) is 5.91 Å². The zero-order valence-electron chi connectivity index (χ0n) is 14.9. The highest BCUT2D eigenvalue weighted by atomic mass is 16.2. The Morgan fingerprint density at radius 2 is 1.96 bits per heavy atom. The summed E-state index contributed by atoms with van der Waals surface area (Å²) in [5.41, 5.74) is 4.52. The molecule has 0 bridgehead atoms. The molecule has 25 heavy (non-hydrogen) atoms. The lowest BCUT2D eigenvalue weighted by molar-refractivity contribution is -0.135. The minimum Gasteiger partial charge on any atom is -0.354 e. The van der Waals surface area contributed by atoms with E-state index in [4.69, 9.17) is 0 Å². The maximum Gasteiger partial charge on any atom is 0.227 e. The molecule has 1 aromatic heterocycles. The number of carbonyl (C=O) groups is 1. The third-order valence-electron chi connectivity index (χ3n) is 5.33. The van der Waals surface area contributed by atoms with Crippen LogP contribution in [0, 0.1) is 19.8 Å². The van der Waals surface area contributed by atoms with Crippen LogP contribution in [0.1, 0.15) is 28.9 Å². The van der Waals surface area contributed by atoms with E-state index < -0.39 is 0 Å². The Balaban J connectivity index is 1.45. The summed E-state index contributed by atoms with van der Waals surface area (Å²) in [5.74, 6) is 1.28. The van der Waals surface area contributed by atoms with Crippen molar-refractivity contribution in [2.24, 2.45) is 5.92 Å². The number of amides is 1. The molecule has 3 heterocycles. The largest absolute Gasteiger partial charge is 0.354 e. The summed E-state index contributed by atoms with van der Waals surface area (Å²) in [7, 11) is 0. The smallest absolute Gasteiger partial charge is 0.227 e. The number of benzene rings is 1. The van der Waals surface area contributed by atoms with Gasteiger partial charge >= 0.3 is 0 Å². The van der Waals surface area contributed by atoms with E-state index >= 15 is 0 Å². The molecule has 1 unspecified atom stereocenters. The van der Waals surface area contributed by atoms with Crippen molar-refractivity contribution in [1.82, 2.24) is 14.9 Å². The predicted octanol–water partition coefficient (Wildman–Crippen LogP) is 2.50. The molecule has 5 heteroatoms. The Morgan fingerprint density at radius 1 is 1.16 bits per heavy atom. The van der Waals surface area contributed by atoms with E-state index in [1.807, 2.05) is 18.7 Å². The van der Waals surface area contributed by atoms with E-state index in [0.717, 1.165) is 56.2 Å². The molecule has 0 radical (unpaired) electrons. The van der Waals surface area contributed by atoms with E-state index in [0.29, 0.717) is 0 Å². The Hall–Kier alpha value is -2.43. The van der Waals surface area contributed by atoms with Gasteiger partial charge < -0.3 is 9.80 Å². The van der Waals surface area contributed by atoms with Crippen molar-refractivity contribution in [3.05, 3.63) is 53.0 Å². The molecule has 0 N–H and O–H groups in total. The number of nitrogens with zero attached hydrogens (tertiary/aromatic N) is 4. The Labute approximate surface area is 148 Å². The lowest BCUT2D eigenvalue weighted by Gasteiger charge is -2.31. The first-order valence-corrected chi connectivity index (χ1v) is 9.02. The van der Waals surface area contributed by atoms with Crippen LogP contribution in [0.25, 0.3) is 0 Å². The molecule has 2 aromatic rings. The highest BCUT2D eigenvalue weighted by Crippen LogP contribution is 2.27. The van der Waals surface area contributed by atoms with Gasteiger partial charge in [0.05, 0.1) is 17.3 Å². The summed E-state index contributed by atoms with van der Waals surface area (Å²) in [6.45, 7) is 7.14. The average Bonchev–Trinajstić information content (AvgIpc) is 3.12. The fourth-order valence-corrected chi connectivity index (χ4v) is 3.92. The van der Waals surface area contributed by atoms with Crippen LogP contribution in [-0.4, -0.2) is 40.4 Å². The maximum absolute atomic E-state index is 13.0. The van der Waals surface area contributed by atoms with Crippen molar-refractivity contribution in [2.45, 2.75) is 33.2 Å². The van der Waals surface area contributed by atoms with Crippen LogP contribution in [0.4, 0.5) is 5.82 Å². The van der Waals surface area contributed by atoms with Crippen molar-refractivity contribution < 1.29 is 4.79 Å². The number of aryl methyl sites for hydroxylation is 2. The monoisotopic (exact) mass is 336 g/mol. The Kier molecular flexibility index (Phi) is 4.15. The zero-order valence-corrected chi connectivity index (χ0v) is 14.9. The van der Waals surface area contributed by atoms with Gasteiger partial charge in [-0.05, 0) is 37.8 Å². The number of carbonyl (C=O) groups excluding carboxylic acids is 1. The summed E-state index contributed by atoms with van der Waals surface area (Å²) >= 11 is 0. The van der Waals surface area contributed by atoms with Crippen LogP contribution in [-0.2, 0) is 17.8 Å². The second-order valence-corrected chi connectivity index (χ2v) is 7.13. The van der Waals surface area contributed by atoms with Crippen LogP contribution in [0.3, 0.4) is 0 Å². The number of rotatable bonds is 2. The van der Waals surface area contributed by atoms with Crippen molar-refractivity contribution >= 4 is 11.7 Å². The van der Waals surface area contributed by atoms with Crippen molar-refractivity contribution in [3.8, 4) is 0 Å². The second kappa shape index (κ2) is 6.47. The number of anilines is 1. The quantitative estimate of drug-likeness (QED) is 0.845. The average molecular weight is 336 g/mol. The first-order valence-electron chi connectivity index (χ1n) is 9.02. The predicted molar refractivity (Wildman–Crippen MR) is 97.4 cm³/mol. The third kappa shape index (κ3) is 3.11. The standard InChI is InChI=1S/C20H24N4O/c1-14-11-21-15(2)19(22-14)23-9-8-18(13-23)20(25)24-10-7-16-5-3-4-6-17(16)12-24/h3-6,11,18H,7-10,12-13H2,1-2H3. The second-order valence-electron chi connectivity index (χ2n) is 7.13. The molecular formula is C20H24N4O. The minimum absolute atomic E-state index is 0.0620. The van der Waals surface area contributed by atoms with Crippen LogP contribution in [0.5, 0.6) is 0 Å². The van der Waals surface area contributed by atoms with Gasteiger partial charge in [0.25, 0.3) is 0 Å². The SMILES string of the molecule is Cc1cnc(C)c(N2CCC(C(=O)N3CCc4ccccc4C3)C2)n1. The molecule has 5 nitrogen and oxygen atoms in total. The lowest BCUT2D eigenvalue weighted by atomic mass is 9.98. The van der Waals surface area contributed by atoms with Crippen LogP contribution in [0.15, 0.2) is 30.5 Å². The number of fused-ring (bicyclic) bond motifs is 1. The Bertz CT molecular complexity index is 804. The van der Waals surface area contributed by atoms with Gasteiger partial charge in [-0.3, -0.25) is 9.78 Å². The molecule has 1 fully saturated rings. The minimum atomic E-state index is 0.0620. The van der Waals surface area contributed by atoms with Gasteiger partial charge in [0.1, 0.15) is 5.82 Å². The van der Waals surface area contributed by atoms with Crippen molar-refractivity contribution in [3.63, 3.8) is 0 Å². The van der Waals surface area contributed by atoms with Gasteiger partial charge in [-0.1, -0.05) is 24.3 Å². The molecule has 0 saturated carbocycles. The zero-order chi connectivity index (χ0) is 17.4. The topological polar surface area (TPSA) is 49.3 Å². The summed E-state index contributed by atoms with van der Waals surface area (Å²) in [4.78, 5) is 26.3. The van der Waals surface area contributed by atoms with Crippen molar-refractivity contribution in [1.29, 1.82) is 0 Å². The molecule has 0 aliphatic carbocycles. The van der Waals surface area contributed by atoms with Gasteiger partial charge in [-0.2, -0.15) is 0 Å². The summed E-state index contributed by atoms with van der Waals surface area (Å²) < 4.78 is 0. The normalized spacial score (nSPS) is 19.8. The maximum atomic E-state index is 13.0. The third-order valence-corrected chi connectivity index (χ3v) is 5.33. The molecule has 1 amide bonds. The molecular weight excluding hydrogens is 312 g/mol. The molecule has 130 valence electrons. The first kappa shape index (κ1) is 16.1. The van der Waals surface area contributed by atoms with E-state index in [2.05, 4.69) is 39.1 Å². The lowest BCUT2D eigenvalue weighted by Crippen LogP contribution is -2.40. The van der Waals surface area contributed by atoms with Crippen LogP contribution < -0.4 is 4.90 Å². The molecule has 0 spiro atoms. The fraction of sp³-hybridized carbons (Fsp3) is 0.450. The van der Waals surface area contributed by atoms with Gasteiger partial charge in [0.15, 0.2) is 0 Å². The van der Waals surface area contributed by atoms with Crippen LogP contribution in [0.2, 0.25) is 0 Å².